The number of hydrogen-bond acceptors (Lipinski definition) is 4. The van der Waals surface area contributed by atoms with Crippen molar-refractivity contribution in [1.29, 1.82) is 0 Å². The Morgan fingerprint density at radius 1 is 1.03 bits per heavy atom. The zero-order valence-corrected chi connectivity index (χ0v) is 18.6. The number of carbonyl (C=O) groups excluding carboxylic acids is 2. The van der Waals surface area contributed by atoms with Crippen LogP contribution in [0.5, 0.6) is 5.75 Å². The van der Waals surface area contributed by atoms with Gasteiger partial charge in [-0.15, -0.1) is 0 Å². The zero-order valence-electron chi connectivity index (χ0n) is 18.6. The molecule has 0 N–H and O–H groups in total. The topological polar surface area (TPSA) is 53.1 Å². The molecule has 0 unspecified atom stereocenters. The van der Waals surface area contributed by atoms with Crippen molar-refractivity contribution in [2.75, 3.05) is 32.7 Å². The Morgan fingerprint density at radius 3 is 2.42 bits per heavy atom. The van der Waals surface area contributed by atoms with Crippen LogP contribution >= 0.6 is 0 Å². The summed E-state index contributed by atoms with van der Waals surface area (Å²) in [7, 11) is 0. The summed E-state index contributed by atoms with van der Waals surface area (Å²) in [5.41, 5.74) is 0. The first kappa shape index (κ1) is 22.1. The number of likely N-dealkylation sites (tertiary alicyclic amines) is 1. The van der Waals surface area contributed by atoms with Gasteiger partial charge in [-0.1, -0.05) is 20.3 Å². The Hall–Kier alpha value is -2.15. The van der Waals surface area contributed by atoms with E-state index >= 15 is 0 Å². The van der Waals surface area contributed by atoms with Crippen LogP contribution in [0.15, 0.2) is 24.3 Å². The highest BCUT2D eigenvalue weighted by Gasteiger charge is 2.43. The van der Waals surface area contributed by atoms with Gasteiger partial charge in [-0.05, 0) is 43.5 Å². The number of halogens is 1. The lowest BCUT2D eigenvalue weighted by atomic mass is 9.91. The van der Waals surface area contributed by atoms with Crippen molar-refractivity contribution in [2.24, 2.45) is 5.92 Å². The number of amides is 2. The lowest BCUT2D eigenvalue weighted by Gasteiger charge is -2.37. The second-order valence-electron chi connectivity index (χ2n) is 9.39. The van der Waals surface area contributed by atoms with E-state index in [9.17, 15) is 14.0 Å². The van der Waals surface area contributed by atoms with Crippen LogP contribution in [0, 0.1) is 11.7 Å². The number of ether oxygens (including phenoxy) is 1. The summed E-state index contributed by atoms with van der Waals surface area (Å²) in [5.74, 6) is 0.0742. The average Bonchev–Trinajstić information content (AvgIpc) is 2.97. The number of nitrogens with zero attached hydrogens (tertiary/aromatic N) is 3. The Kier molecular flexibility index (Phi) is 6.80. The molecular weight excluding hydrogens is 397 g/mol. The lowest BCUT2D eigenvalue weighted by molar-refractivity contribution is -0.145. The first-order valence-corrected chi connectivity index (χ1v) is 11.7. The van der Waals surface area contributed by atoms with Crippen molar-refractivity contribution in [3.8, 4) is 5.75 Å². The van der Waals surface area contributed by atoms with E-state index in [1.807, 2.05) is 18.7 Å². The van der Waals surface area contributed by atoms with Crippen LogP contribution in [0.3, 0.4) is 0 Å². The molecule has 6 nitrogen and oxygen atoms in total. The molecule has 7 heteroatoms. The molecule has 3 fully saturated rings. The molecule has 2 saturated heterocycles. The maximum absolute atomic E-state index is 13.5. The molecule has 1 saturated carbocycles. The maximum atomic E-state index is 13.5. The van der Waals surface area contributed by atoms with E-state index in [-0.39, 0.29) is 29.7 Å². The number of benzene rings is 1. The molecule has 2 atom stereocenters. The fraction of sp³-hybridized carbons (Fsp3) is 0.667. The highest BCUT2D eigenvalue weighted by Crippen LogP contribution is 2.28. The summed E-state index contributed by atoms with van der Waals surface area (Å²) in [6.45, 7) is 7.53. The quantitative estimate of drug-likeness (QED) is 0.719. The monoisotopic (exact) mass is 431 g/mol. The van der Waals surface area contributed by atoms with E-state index in [1.165, 1.54) is 31.4 Å². The minimum atomic E-state index is -0.490. The summed E-state index contributed by atoms with van der Waals surface area (Å²) in [6.07, 6.45) is 5.03. The van der Waals surface area contributed by atoms with Crippen LogP contribution in [0.25, 0.3) is 0 Å². The van der Waals surface area contributed by atoms with Crippen molar-refractivity contribution >= 4 is 11.8 Å². The number of carbonyl (C=O) groups is 2. The van der Waals surface area contributed by atoms with Crippen molar-refractivity contribution in [2.45, 2.75) is 64.1 Å². The molecule has 0 radical (unpaired) electrons. The minimum absolute atomic E-state index is 0.0190. The summed E-state index contributed by atoms with van der Waals surface area (Å²) in [4.78, 5) is 32.6. The molecule has 31 heavy (non-hydrogen) atoms. The largest absolute Gasteiger partial charge is 0.488 e. The molecule has 4 rings (SSSR count). The average molecular weight is 432 g/mol. The molecule has 1 aliphatic carbocycles. The van der Waals surface area contributed by atoms with Gasteiger partial charge in [0.2, 0.25) is 11.8 Å². The second-order valence-corrected chi connectivity index (χ2v) is 9.39. The van der Waals surface area contributed by atoms with Crippen LogP contribution in [-0.2, 0) is 9.59 Å². The Bertz CT molecular complexity index is 781. The third-order valence-electron chi connectivity index (χ3n) is 6.87. The normalized spacial score (nSPS) is 25.4. The third kappa shape index (κ3) is 5.03. The standard InChI is InChI=1S/C24H34FN3O3/c1-17(2)23(29)28-16-21(31-20-9-7-18(25)8-10-20)15-22(28)24(30)27-12-4-11-26(13-14-27)19-5-3-6-19/h7-10,17,19,21-22H,3-6,11-16H2,1-2H3/t21-,22-/m0/s1. The van der Waals surface area contributed by atoms with Gasteiger partial charge in [-0.3, -0.25) is 14.5 Å². The van der Waals surface area contributed by atoms with E-state index in [0.29, 0.717) is 24.8 Å². The molecule has 170 valence electrons. The van der Waals surface area contributed by atoms with Crippen molar-refractivity contribution in [3.63, 3.8) is 0 Å². The van der Waals surface area contributed by atoms with Crippen molar-refractivity contribution in [1.82, 2.24) is 14.7 Å². The summed E-state index contributed by atoms with van der Waals surface area (Å²) in [5, 5.41) is 0. The smallest absolute Gasteiger partial charge is 0.245 e. The number of hydrogen-bond donors (Lipinski definition) is 0. The Labute approximate surface area is 184 Å². The summed E-state index contributed by atoms with van der Waals surface area (Å²) in [6, 6.07) is 6.08. The van der Waals surface area contributed by atoms with E-state index in [1.54, 1.807) is 17.0 Å². The minimum Gasteiger partial charge on any atom is -0.488 e. The molecular formula is C24H34FN3O3. The molecule has 0 bridgehead atoms. The van der Waals surface area contributed by atoms with Gasteiger partial charge in [0.15, 0.2) is 0 Å². The third-order valence-corrected chi connectivity index (χ3v) is 6.87. The summed E-state index contributed by atoms with van der Waals surface area (Å²) >= 11 is 0. The van der Waals surface area contributed by atoms with Crippen LogP contribution < -0.4 is 4.74 Å². The van der Waals surface area contributed by atoms with Crippen LogP contribution in [0.1, 0.15) is 46.0 Å². The van der Waals surface area contributed by atoms with Crippen molar-refractivity contribution in [3.05, 3.63) is 30.1 Å². The van der Waals surface area contributed by atoms with E-state index in [0.717, 1.165) is 32.6 Å². The van der Waals surface area contributed by atoms with Gasteiger partial charge in [0.25, 0.3) is 0 Å². The van der Waals surface area contributed by atoms with Gasteiger partial charge < -0.3 is 14.5 Å². The highest BCUT2D eigenvalue weighted by atomic mass is 19.1. The molecule has 2 heterocycles. The number of rotatable bonds is 5. The fourth-order valence-corrected chi connectivity index (χ4v) is 4.88. The molecule has 2 aliphatic heterocycles. The van der Waals surface area contributed by atoms with Gasteiger partial charge >= 0.3 is 0 Å². The second kappa shape index (κ2) is 9.55. The van der Waals surface area contributed by atoms with Gasteiger partial charge in [-0.25, -0.2) is 4.39 Å². The SMILES string of the molecule is CC(C)C(=O)N1C[C@@H](Oc2ccc(F)cc2)C[C@H]1C(=O)N1CCCN(C2CCC2)CC1. The van der Waals surface area contributed by atoms with E-state index in [4.69, 9.17) is 4.74 Å². The lowest BCUT2D eigenvalue weighted by Crippen LogP contribution is -2.50. The zero-order chi connectivity index (χ0) is 22.0. The van der Waals surface area contributed by atoms with Gasteiger partial charge in [-0.2, -0.15) is 0 Å². The van der Waals surface area contributed by atoms with Gasteiger partial charge in [0.05, 0.1) is 6.54 Å². The molecule has 1 aromatic rings. The maximum Gasteiger partial charge on any atom is 0.245 e. The molecule has 1 aromatic carbocycles. The predicted molar refractivity (Wildman–Crippen MR) is 116 cm³/mol. The molecule has 0 spiro atoms. The van der Waals surface area contributed by atoms with Gasteiger partial charge in [0, 0.05) is 44.6 Å². The first-order chi connectivity index (χ1) is 14.9. The van der Waals surface area contributed by atoms with Crippen LogP contribution in [0.2, 0.25) is 0 Å². The van der Waals surface area contributed by atoms with Crippen LogP contribution in [0.4, 0.5) is 4.39 Å². The highest BCUT2D eigenvalue weighted by molar-refractivity contribution is 5.89. The van der Waals surface area contributed by atoms with Gasteiger partial charge in [0.1, 0.15) is 23.7 Å². The van der Waals surface area contributed by atoms with Crippen LogP contribution in [-0.4, -0.2) is 77.4 Å². The molecule has 2 amide bonds. The van der Waals surface area contributed by atoms with Crippen molar-refractivity contribution < 1.29 is 18.7 Å². The Morgan fingerprint density at radius 2 is 1.77 bits per heavy atom. The van der Waals surface area contributed by atoms with E-state index in [2.05, 4.69) is 4.90 Å². The molecule has 3 aliphatic rings. The van der Waals surface area contributed by atoms with E-state index < -0.39 is 6.04 Å². The fourth-order valence-electron chi connectivity index (χ4n) is 4.88. The predicted octanol–water partition coefficient (Wildman–Crippen LogP) is 2.92. The molecule has 0 aromatic heterocycles. The first-order valence-electron chi connectivity index (χ1n) is 11.7. The Balaban J connectivity index is 1.43. The summed E-state index contributed by atoms with van der Waals surface area (Å²) < 4.78 is 19.2.